The molecule has 0 aromatic heterocycles. The number of hydrogen-bond donors (Lipinski definition) is 0. The van der Waals surface area contributed by atoms with Crippen LogP contribution in [0.1, 0.15) is 34.3 Å². The summed E-state index contributed by atoms with van der Waals surface area (Å²) >= 11 is 0. The topological polar surface area (TPSA) is 77.1 Å². The Labute approximate surface area is 221 Å². The van der Waals surface area contributed by atoms with E-state index < -0.39 is 23.4 Å². The zero-order valence-electron chi connectivity index (χ0n) is 20.9. The van der Waals surface area contributed by atoms with Crippen molar-refractivity contribution in [1.29, 1.82) is 10.5 Å². The van der Waals surface area contributed by atoms with E-state index in [0.29, 0.717) is 17.9 Å². The van der Waals surface area contributed by atoms with Crippen molar-refractivity contribution in [1.82, 2.24) is 0 Å². The maximum absolute atomic E-state index is 14.3. The van der Waals surface area contributed by atoms with Crippen molar-refractivity contribution < 1.29 is 9.53 Å². The van der Waals surface area contributed by atoms with E-state index in [9.17, 15) is 15.3 Å². The number of fused-ring (bicyclic) bond motifs is 5. The van der Waals surface area contributed by atoms with E-state index in [1.165, 1.54) is 0 Å². The Bertz CT molecular complexity index is 1630. The molecule has 0 amide bonds. The molecule has 2 aliphatic heterocycles. The summed E-state index contributed by atoms with van der Waals surface area (Å²) in [5.74, 6) is -0.0987. The minimum atomic E-state index is -1.48. The highest BCUT2D eigenvalue weighted by molar-refractivity contribution is 6.06. The van der Waals surface area contributed by atoms with Gasteiger partial charge in [-0.3, -0.25) is 4.79 Å². The molecule has 0 unspecified atom stereocenters. The van der Waals surface area contributed by atoms with Gasteiger partial charge < -0.3 is 9.64 Å². The maximum Gasteiger partial charge on any atom is 0.185 e. The molecule has 0 radical (unpaired) electrons. The van der Waals surface area contributed by atoms with Crippen molar-refractivity contribution in [2.75, 3.05) is 11.5 Å². The summed E-state index contributed by atoms with van der Waals surface area (Å²) in [4.78, 5) is 16.4. The van der Waals surface area contributed by atoms with Gasteiger partial charge in [0.15, 0.2) is 11.2 Å². The summed E-state index contributed by atoms with van der Waals surface area (Å²) in [6, 6.07) is 32.2. The summed E-state index contributed by atoms with van der Waals surface area (Å²) < 4.78 is 5.64. The molecule has 3 atom stereocenters. The van der Waals surface area contributed by atoms with Crippen LogP contribution in [-0.4, -0.2) is 24.5 Å². The Hall–Kier alpha value is -4.87. The number of nitriles is 2. The van der Waals surface area contributed by atoms with Crippen LogP contribution >= 0.6 is 0 Å². The van der Waals surface area contributed by atoms with Gasteiger partial charge in [-0.1, -0.05) is 84.9 Å². The molecule has 4 aromatic carbocycles. The van der Waals surface area contributed by atoms with E-state index in [2.05, 4.69) is 24.3 Å². The maximum atomic E-state index is 14.3. The summed E-state index contributed by atoms with van der Waals surface area (Å²) in [6.45, 7) is 2.45. The molecule has 0 N–H and O–H groups in total. The molecule has 0 bridgehead atoms. The summed E-state index contributed by atoms with van der Waals surface area (Å²) in [5.41, 5.74) is 1.67. The smallest absolute Gasteiger partial charge is 0.185 e. The van der Waals surface area contributed by atoms with Crippen LogP contribution in [0.2, 0.25) is 0 Å². The van der Waals surface area contributed by atoms with Crippen LogP contribution in [0, 0.1) is 28.1 Å². The first kappa shape index (κ1) is 23.5. The number of carbonyl (C=O) groups is 1. The first-order valence-electron chi connectivity index (χ1n) is 12.8. The number of ether oxygens (including phenoxy) is 1. The van der Waals surface area contributed by atoms with Crippen LogP contribution in [0.3, 0.4) is 0 Å². The molecule has 1 saturated heterocycles. The highest BCUT2D eigenvalue weighted by atomic mass is 16.5. The van der Waals surface area contributed by atoms with E-state index in [1.54, 1.807) is 12.1 Å². The third kappa shape index (κ3) is 3.40. The van der Waals surface area contributed by atoms with E-state index >= 15 is 0 Å². The van der Waals surface area contributed by atoms with E-state index in [4.69, 9.17) is 4.74 Å². The molecule has 2 aliphatic rings. The Balaban J connectivity index is 1.61. The number of carbonyl (C=O) groups excluding carboxylic acids is 1. The van der Waals surface area contributed by atoms with Gasteiger partial charge in [-0.15, -0.1) is 0 Å². The molecule has 5 heteroatoms. The highest BCUT2D eigenvalue weighted by Gasteiger charge is 2.63. The lowest BCUT2D eigenvalue weighted by molar-refractivity contribution is 0.0951. The van der Waals surface area contributed by atoms with Crippen LogP contribution in [0.25, 0.3) is 16.8 Å². The lowest BCUT2D eigenvalue weighted by Gasteiger charge is -2.36. The molecule has 0 saturated carbocycles. The van der Waals surface area contributed by atoms with E-state index in [-0.39, 0.29) is 5.78 Å². The summed E-state index contributed by atoms with van der Waals surface area (Å²) in [6.07, 6.45) is 3.94. The standard InChI is InChI=1S/C33H25N3O2/c1-2-38-25-15-12-23(13-16-25)30-31(32(37)24-9-4-3-5-10-24)36-28-18-14-22-8-6-7-11-26(22)27(28)17-19-29(36)33(30,20-34)21-35/h3-19,29-31H,2H2,1H3/t29-,30+,31-/m0/s1. The first-order valence-corrected chi connectivity index (χ1v) is 12.8. The largest absolute Gasteiger partial charge is 0.494 e. The molecule has 2 heterocycles. The average molecular weight is 496 g/mol. The fourth-order valence-electron chi connectivity index (χ4n) is 6.13. The van der Waals surface area contributed by atoms with E-state index in [0.717, 1.165) is 27.6 Å². The lowest BCUT2D eigenvalue weighted by atomic mass is 9.69. The predicted molar refractivity (Wildman–Crippen MR) is 148 cm³/mol. The van der Waals surface area contributed by atoms with Gasteiger partial charge in [-0.2, -0.15) is 10.5 Å². The van der Waals surface area contributed by atoms with Crippen LogP contribution < -0.4 is 9.64 Å². The van der Waals surface area contributed by atoms with Crippen LogP contribution in [0.4, 0.5) is 5.69 Å². The monoisotopic (exact) mass is 495 g/mol. The minimum absolute atomic E-state index is 0.115. The third-order valence-corrected chi connectivity index (χ3v) is 7.79. The molecule has 4 aromatic rings. The second-order valence-electron chi connectivity index (χ2n) is 9.68. The van der Waals surface area contributed by atoms with Gasteiger partial charge in [-0.05, 0) is 41.5 Å². The Morgan fingerprint density at radius 1 is 0.921 bits per heavy atom. The Kier molecular flexibility index (Phi) is 5.70. The van der Waals surface area contributed by atoms with Gasteiger partial charge in [0.2, 0.25) is 0 Å². The van der Waals surface area contributed by atoms with Gasteiger partial charge in [0.05, 0.1) is 24.8 Å². The number of hydrogen-bond acceptors (Lipinski definition) is 5. The van der Waals surface area contributed by atoms with Crippen molar-refractivity contribution in [3.63, 3.8) is 0 Å². The van der Waals surface area contributed by atoms with Gasteiger partial charge in [0.1, 0.15) is 11.8 Å². The molecule has 38 heavy (non-hydrogen) atoms. The van der Waals surface area contributed by atoms with Crippen molar-refractivity contribution in [2.45, 2.75) is 24.9 Å². The summed E-state index contributed by atoms with van der Waals surface area (Å²) in [7, 11) is 0. The number of Topliss-reactive ketones (excluding diaryl/α,β-unsaturated/α-hetero) is 1. The molecule has 1 fully saturated rings. The van der Waals surface area contributed by atoms with Crippen molar-refractivity contribution in [3.05, 3.63) is 114 Å². The zero-order chi connectivity index (χ0) is 26.3. The van der Waals surface area contributed by atoms with Gasteiger partial charge in [0, 0.05) is 22.7 Å². The Morgan fingerprint density at radius 2 is 1.63 bits per heavy atom. The number of ketones is 1. The van der Waals surface area contributed by atoms with Crippen molar-refractivity contribution in [3.8, 4) is 17.9 Å². The molecule has 6 rings (SSSR count). The van der Waals surface area contributed by atoms with Crippen LogP contribution in [-0.2, 0) is 0 Å². The second kappa shape index (κ2) is 9.21. The molecule has 0 spiro atoms. The fraction of sp³-hybridized carbons (Fsp3) is 0.182. The molecular weight excluding hydrogens is 470 g/mol. The lowest BCUT2D eigenvalue weighted by Crippen LogP contribution is -2.44. The number of benzene rings is 4. The average Bonchev–Trinajstić information content (AvgIpc) is 3.28. The number of rotatable bonds is 5. The van der Waals surface area contributed by atoms with Gasteiger partial charge >= 0.3 is 0 Å². The van der Waals surface area contributed by atoms with Crippen LogP contribution in [0.15, 0.2) is 97.1 Å². The second-order valence-corrected chi connectivity index (χ2v) is 9.68. The normalized spacial score (nSPS) is 20.7. The van der Waals surface area contributed by atoms with Crippen molar-refractivity contribution >= 4 is 28.3 Å². The molecular formula is C33H25N3O2. The van der Waals surface area contributed by atoms with Crippen molar-refractivity contribution in [2.24, 2.45) is 5.41 Å². The zero-order valence-corrected chi connectivity index (χ0v) is 20.9. The first-order chi connectivity index (χ1) is 18.6. The SMILES string of the molecule is CCOc1ccc([C@@H]2[C@@H](C(=O)c3ccccc3)N3c4ccc5ccccc5c4C=C[C@H]3C2(C#N)C#N)cc1. The predicted octanol–water partition coefficient (Wildman–Crippen LogP) is 6.52. The fourth-order valence-corrected chi connectivity index (χ4v) is 6.13. The summed E-state index contributed by atoms with van der Waals surface area (Å²) in [5, 5.41) is 23.5. The number of anilines is 1. The third-order valence-electron chi connectivity index (χ3n) is 7.79. The molecule has 5 nitrogen and oxygen atoms in total. The Morgan fingerprint density at radius 3 is 2.34 bits per heavy atom. The molecule has 184 valence electrons. The van der Waals surface area contributed by atoms with Crippen LogP contribution in [0.5, 0.6) is 5.75 Å². The van der Waals surface area contributed by atoms with E-state index in [1.807, 2.05) is 90.7 Å². The number of nitrogens with zero attached hydrogens (tertiary/aromatic N) is 3. The quantitative estimate of drug-likeness (QED) is 0.295. The highest BCUT2D eigenvalue weighted by Crippen LogP contribution is 2.56. The van der Waals surface area contributed by atoms with Gasteiger partial charge in [0.25, 0.3) is 0 Å². The van der Waals surface area contributed by atoms with Gasteiger partial charge in [-0.25, -0.2) is 0 Å². The molecule has 0 aliphatic carbocycles. The minimum Gasteiger partial charge on any atom is -0.494 e.